The van der Waals surface area contributed by atoms with Crippen molar-refractivity contribution in [2.75, 3.05) is 0 Å². The highest BCUT2D eigenvalue weighted by Gasteiger charge is 2.19. The van der Waals surface area contributed by atoms with Crippen molar-refractivity contribution in [1.29, 1.82) is 0 Å². The highest BCUT2D eigenvalue weighted by molar-refractivity contribution is 6.41. The van der Waals surface area contributed by atoms with E-state index in [0.717, 1.165) is 6.21 Å². The van der Waals surface area contributed by atoms with Gasteiger partial charge in [-0.05, 0) is 6.92 Å². The summed E-state index contributed by atoms with van der Waals surface area (Å²) in [6, 6.07) is -0.993. The molecular weight excluding hydrogens is 148 g/mol. The third-order valence-corrected chi connectivity index (χ3v) is 1.23. The lowest BCUT2D eigenvalue weighted by atomic mass is 10.2. The van der Waals surface area contributed by atoms with Crippen molar-refractivity contribution < 1.29 is 14.7 Å². The van der Waals surface area contributed by atoms with E-state index < -0.39 is 17.9 Å². The van der Waals surface area contributed by atoms with Crippen molar-refractivity contribution in [2.45, 2.75) is 13.0 Å². The van der Waals surface area contributed by atoms with Crippen LogP contribution in [0, 0.1) is 0 Å². The van der Waals surface area contributed by atoms with E-state index in [9.17, 15) is 9.59 Å². The molecule has 0 aromatic carbocycles. The maximum Gasteiger partial charge on any atom is 0.334 e. The number of aliphatic imine (C=N–C) groups is 2. The maximum atomic E-state index is 10.6. The molecule has 5 nitrogen and oxygen atoms in total. The van der Waals surface area contributed by atoms with Crippen molar-refractivity contribution in [3.05, 3.63) is 0 Å². The molecule has 0 aromatic rings. The van der Waals surface area contributed by atoms with Crippen LogP contribution in [0.2, 0.25) is 0 Å². The molecule has 11 heavy (non-hydrogen) atoms. The molecule has 1 rings (SSSR count). The molecule has 0 bridgehead atoms. The number of hydrogen-bond donors (Lipinski definition) is 1. The zero-order valence-electron chi connectivity index (χ0n) is 5.81. The molecule has 0 radical (unpaired) electrons. The Morgan fingerprint density at radius 1 is 1.73 bits per heavy atom. The summed E-state index contributed by atoms with van der Waals surface area (Å²) in [7, 11) is 0. The molecule has 0 spiro atoms. The molecule has 1 aliphatic heterocycles. The van der Waals surface area contributed by atoms with Crippen LogP contribution >= 0.6 is 0 Å². The minimum absolute atomic E-state index is 0.139. The van der Waals surface area contributed by atoms with E-state index in [1.807, 2.05) is 0 Å². The number of rotatable bonds is 1. The fourth-order valence-electron chi connectivity index (χ4n) is 0.648. The summed E-state index contributed by atoms with van der Waals surface area (Å²) < 4.78 is 0. The lowest BCUT2D eigenvalue weighted by Gasteiger charge is -2.05. The molecule has 1 heterocycles. The maximum absolute atomic E-state index is 10.6. The molecule has 0 saturated carbocycles. The van der Waals surface area contributed by atoms with E-state index in [1.54, 1.807) is 0 Å². The fourth-order valence-corrected chi connectivity index (χ4v) is 0.648. The smallest absolute Gasteiger partial charge is 0.334 e. The Morgan fingerprint density at radius 3 is 2.82 bits per heavy atom. The second kappa shape index (κ2) is 2.61. The number of hydrogen-bond acceptors (Lipinski definition) is 3. The summed E-state index contributed by atoms with van der Waals surface area (Å²) >= 11 is 0. The van der Waals surface area contributed by atoms with Gasteiger partial charge in [-0.25, -0.2) is 9.79 Å². The Labute approximate surface area is 62.5 Å². The SMILES string of the molecule is CC1=NC(C(=O)O)C=NC1=O. The average Bonchev–Trinajstić information content (AvgIpc) is 1.94. The number of carboxylic acids is 1. The zero-order chi connectivity index (χ0) is 8.43. The number of carbonyl (C=O) groups excluding carboxylic acids is 1. The Kier molecular flexibility index (Phi) is 1.80. The Morgan fingerprint density at radius 2 is 2.36 bits per heavy atom. The number of carboxylic acid groups (broad SMARTS) is 1. The van der Waals surface area contributed by atoms with Gasteiger partial charge in [0.25, 0.3) is 5.91 Å². The summed E-state index contributed by atoms with van der Waals surface area (Å²) in [5, 5.41) is 8.43. The zero-order valence-corrected chi connectivity index (χ0v) is 5.81. The van der Waals surface area contributed by atoms with Crippen molar-refractivity contribution >= 4 is 23.8 Å². The summed E-state index contributed by atoms with van der Waals surface area (Å²) in [5.41, 5.74) is 0.139. The van der Waals surface area contributed by atoms with E-state index in [1.165, 1.54) is 6.92 Å². The summed E-state index contributed by atoms with van der Waals surface area (Å²) in [4.78, 5) is 27.9. The highest BCUT2D eigenvalue weighted by atomic mass is 16.4. The monoisotopic (exact) mass is 154 g/mol. The van der Waals surface area contributed by atoms with Gasteiger partial charge >= 0.3 is 5.97 Å². The molecule has 1 unspecified atom stereocenters. The van der Waals surface area contributed by atoms with E-state index >= 15 is 0 Å². The number of nitrogens with zero attached hydrogens (tertiary/aromatic N) is 2. The molecule has 1 atom stereocenters. The lowest BCUT2D eigenvalue weighted by molar-refractivity contribution is -0.136. The first-order valence-electron chi connectivity index (χ1n) is 2.97. The van der Waals surface area contributed by atoms with Crippen LogP contribution in [0.3, 0.4) is 0 Å². The Hall–Kier alpha value is -1.52. The normalized spacial score (nSPS) is 23.2. The molecule has 0 fully saturated rings. The first kappa shape index (κ1) is 7.59. The molecule has 0 aliphatic carbocycles. The first-order valence-corrected chi connectivity index (χ1v) is 2.97. The first-order chi connectivity index (χ1) is 5.11. The topological polar surface area (TPSA) is 79.1 Å². The molecule has 5 heteroatoms. The van der Waals surface area contributed by atoms with Gasteiger partial charge in [0.2, 0.25) is 0 Å². The third kappa shape index (κ3) is 1.49. The van der Waals surface area contributed by atoms with Gasteiger partial charge in [0.1, 0.15) is 5.71 Å². The van der Waals surface area contributed by atoms with Crippen molar-refractivity contribution in [1.82, 2.24) is 0 Å². The van der Waals surface area contributed by atoms with Crippen LogP contribution in [-0.2, 0) is 9.59 Å². The molecule has 1 aliphatic rings. The number of carbonyl (C=O) groups is 2. The van der Waals surface area contributed by atoms with Gasteiger partial charge in [0.15, 0.2) is 6.04 Å². The quantitative estimate of drug-likeness (QED) is 0.553. The van der Waals surface area contributed by atoms with Gasteiger partial charge in [-0.15, -0.1) is 0 Å². The number of aliphatic carboxylic acids is 1. The highest BCUT2D eigenvalue weighted by Crippen LogP contribution is 1.97. The van der Waals surface area contributed by atoms with Crippen LogP contribution in [0.5, 0.6) is 0 Å². The van der Waals surface area contributed by atoms with E-state index in [-0.39, 0.29) is 5.71 Å². The van der Waals surface area contributed by atoms with E-state index in [0.29, 0.717) is 0 Å². The van der Waals surface area contributed by atoms with Gasteiger partial charge in [-0.3, -0.25) is 9.79 Å². The Balaban J connectivity index is 2.85. The molecule has 0 saturated heterocycles. The second-order valence-electron chi connectivity index (χ2n) is 2.08. The summed E-state index contributed by atoms with van der Waals surface area (Å²) in [6.07, 6.45) is 1.03. The predicted octanol–water partition coefficient (Wildman–Crippen LogP) is -0.488. The average molecular weight is 154 g/mol. The third-order valence-electron chi connectivity index (χ3n) is 1.23. The van der Waals surface area contributed by atoms with Gasteiger partial charge in [-0.1, -0.05) is 0 Å². The van der Waals surface area contributed by atoms with Crippen LogP contribution in [0.15, 0.2) is 9.98 Å². The van der Waals surface area contributed by atoms with Gasteiger partial charge in [-0.2, -0.15) is 0 Å². The minimum atomic E-state index is -1.10. The van der Waals surface area contributed by atoms with Crippen LogP contribution in [0.4, 0.5) is 0 Å². The molecule has 1 N–H and O–H groups in total. The van der Waals surface area contributed by atoms with Gasteiger partial charge in [0.05, 0.1) is 0 Å². The Bertz CT molecular complexity index is 267. The largest absolute Gasteiger partial charge is 0.479 e. The van der Waals surface area contributed by atoms with Crippen LogP contribution in [-0.4, -0.2) is 35.0 Å². The van der Waals surface area contributed by atoms with Gasteiger partial charge in [0, 0.05) is 6.21 Å². The van der Waals surface area contributed by atoms with Crippen LogP contribution in [0.1, 0.15) is 6.92 Å². The van der Waals surface area contributed by atoms with Crippen LogP contribution < -0.4 is 0 Å². The number of amides is 1. The lowest BCUT2D eigenvalue weighted by Crippen LogP contribution is -2.27. The van der Waals surface area contributed by atoms with Gasteiger partial charge < -0.3 is 5.11 Å². The standard InChI is InChI=1S/C6H6N2O3/c1-3-5(9)7-2-4(8-3)6(10)11/h2,4H,1H3,(H,10,11). The molecule has 1 amide bonds. The van der Waals surface area contributed by atoms with E-state index in [2.05, 4.69) is 9.98 Å². The van der Waals surface area contributed by atoms with Crippen LogP contribution in [0.25, 0.3) is 0 Å². The van der Waals surface area contributed by atoms with Crippen molar-refractivity contribution in [2.24, 2.45) is 9.98 Å². The molecule has 58 valence electrons. The predicted molar refractivity (Wildman–Crippen MR) is 38.0 cm³/mol. The van der Waals surface area contributed by atoms with Crippen molar-refractivity contribution in [3.8, 4) is 0 Å². The fraction of sp³-hybridized carbons (Fsp3) is 0.333. The second-order valence-corrected chi connectivity index (χ2v) is 2.08. The van der Waals surface area contributed by atoms with E-state index in [4.69, 9.17) is 5.11 Å². The minimum Gasteiger partial charge on any atom is -0.479 e. The molecular formula is C6H6N2O3. The molecule has 0 aromatic heterocycles. The summed E-state index contributed by atoms with van der Waals surface area (Å²) in [5.74, 6) is -1.57. The van der Waals surface area contributed by atoms with Crippen molar-refractivity contribution in [3.63, 3.8) is 0 Å². The summed E-state index contributed by atoms with van der Waals surface area (Å²) in [6.45, 7) is 1.44.